The third kappa shape index (κ3) is 4.19. The summed E-state index contributed by atoms with van der Waals surface area (Å²) in [7, 11) is 0. The first-order valence-electron chi connectivity index (χ1n) is 10.4. The van der Waals surface area contributed by atoms with Crippen molar-refractivity contribution in [2.75, 3.05) is 4.90 Å². The zero-order chi connectivity index (χ0) is 22.8. The van der Waals surface area contributed by atoms with Gasteiger partial charge < -0.3 is 9.32 Å². The van der Waals surface area contributed by atoms with Crippen LogP contribution in [0.15, 0.2) is 71.3 Å². The van der Waals surface area contributed by atoms with Gasteiger partial charge in [-0.2, -0.15) is 0 Å². The van der Waals surface area contributed by atoms with Crippen LogP contribution in [-0.2, 0) is 16.1 Å². The Hall–Kier alpha value is -3.74. The Balaban J connectivity index is 1.64. The first-order valence-corrected chi connectivity index (χ1v) is 10.4. The van der Waals surface area contributed by atoms with Crippen molar-refractivity contribution in [1.82, 2.24) is 4.90 Å². The van der Waals surface area contributed by atoms with Gasteiger partial charge in [-0.1, -0.05) is 38.1 Å². The standard InChI is InChI=1S/C25H23FN2O4/c1-16(2)18-7-11-20(12-8-18)28-23(29)14-21(24(28)30)27(25(31)22-4-3-13-32-22)15-17-5-9-19(26)10-6-17/h3-13,16,21H,14-15H2,1-2H3. The quantitative estimate of drug-likeness (QED) is 0.535. The van der Waals surface area contributed by atoms with Crippen LogP contribution >= 0.6 is 0 Å². The molecule has 1 aliphatic heterocycles. The lowest BCUT2D eigenvalue weighted by Gasteiger charge is -2.27. The van der Waals surface area contributed by atoms with E-state index in [0.717, 1.165) is 10.5 Å². The van der Waals surface area contributed by atoms with Crippen LogP contribution in [0.5, 0.6) is 0 Å². The zero-order valence-corrected chi connectivity index (χ0v) is 17.8. The van der Waals surface area contributed by atoms with Gasteiger partial charge in [-0.25, -0.2) is 9.29 Å². The highest BCUT2D eigenvalue weighted by atomic mass is 19.1. The number of hydrogen-bond acceptors (Lipinski definition) is 4. The molecule has 0 N–H and O–H groups in total. The zero-order valence-electron chi connectivity index (χ0n) is 17.8. The minimum atomic E-state index is -0.991. The van der Waals surface area contributed by atoms with Crippen molar-refractivity contribution < 1.29 is 23.2 Å². The normalized spacial score (nSPS) is 16.1. The number of imide groups is 1. The molecule has 32 heavy (non-hydrogen) atoms. The average Bonchev–Trinajstić information content (AvgIpc) is 3.41. The van der Waals surface area contributed by atoms with Crippen LogP contribution in [0, 0.1) is 5.82 Å². The van der Waals surface area contributed by atoms with Crippen LogP contribution in [0.1, 0.15) is 47.9 Å². The molecule has 3 aromatic rings. The second kappa shape index (κ2) is 8.78. The van der Waals surface area contributed by atoms with Gasteiger partial charge in [-0.05, 0) is 53.4 Å². The van der Waals surface area contributed by atoms with Gasteiger partial charge in [-0.3, -0.25) is 14.4 Å². The van der Waals surface area contributed by atoms with Crippen molar-refractivity contribution in [2.24, 2.45) is 0 Å². The van der Waals surface area contributed by atoms with Gasteiger partial charge in [0, 0.05) is 6.54 Å². The molecular weight excluding hydrogens is 411 g/mol. The van der Waals surface area contributed by atoms with Crippen LogP contribution in [-0.4, -0.2) is 28.7 Å². The molecule has 1 aliphatic rings. The largest absolute Gasteiger partial charge is 0.459 e. The average molecular weight is 434 g/mol. The predicted molar refractivity (Wildman–Crippen MR) is 116 cm³/mol. The van der Waals surface area contributed by atoms with E-state index in [1.54, 1.807) is 30.3 Å². The molecule has 0 radical (unpaired) electrons. The van der Waals surface area contributed by atoms with E-state index in [1.807, 2.05) is 12.1 Å². The second-order valence-corrected chi connectivity index (χ2v) is 8.07. The number of benzene rings is 2. The van der Waals surface area contributed by atoms with Crippen molar-refractivity contribution in [3.05, 3.63) is 89.6 Å². The summed E-state index contributed by atoms with van der Waals surface area (Å²) in [4.78, 5) is 41.7. The van der Waals surface area contributed by atoms with Crippen LogP contribution in [0.2, 0.25) is 0 Å². The van der Waals surface area contributed by atoms with E-state index in [2.05, 4.69) is 13.8 Å². The fraction of sp³-hybridized carbons (Fsp3) is 0.240. The lowest BCUT2D eigenvalue weighted by atomic mass is 10.0. The fourth-order valence-corrected chi connectivity index (χ4v) is 3.79. The SMILES string of the molecule is CC(C)c1ccc(N2C(=O)CC(N(Cc3ccc(F)cc3)C(=O)c3ccco3)C2=O)cc1. The Morgan fingerprint density at radius 3 is 2.38 bits per heavy atom. The molecule has 1 unspecified atom stereocenters. The monoisotopic (exact) mass is 434 g/mol. The van der Waals surface area contributed by atoms with E-state index in [-0.39, 0.29) is 24.6 Å². The van der Waals surface area contributed by atoms with E-state index < -0.39 is 23.7 Å². The number of carbonyl (C=O) groups is 3. The third-order valence-electron chi connectivity index (χ3n) is 5.58. The molecule has 1 fully saturated rings. The molecular formula is C25H23FN2O4. The summed E-state index contributed by atoms with van der Waals surface area (Å²) in [5.41, 5.74) is 2.20. The van der Waals surface area contributed by atoms with Gasteiger partial charge in [0.1, 0.15) is 11.9 Å². The molecule has 3 amide bonds. The number of rotatable bonds is 6. The minimum absolute atomic E-state index is 0.0314. The Bertz CT molecular complexity index is 1120. The smallest absolute Gasteiger partial charge is 0.290 e. The molecule has 0 spiro atoms. The highest BCUT2D eigenvalue weighted by Gasteiger charge is 2.45. The highest BCUT2D eigenvalue weighted by Crippen LogP contribution is 2.29. The Morgan fingerprint density at radius 1 is 1.09 bits per heavy atom. The molecule has 4 rings (SSSR count). The second-order valence-electron chi connectivity index (χ2n) is 8.07. The maximum atomic E-state index is 13.3. The maximum absolute atomic E-state index is 13.3. The van der Waals surface area contributed by atoms with Gasteiger partial charge in [0.25, 0.3) is 11.8 Å². The first-order chi connectivity index (χ1) is 15.3. The van der Waals surface area contributed by atoms with E-state index in [0.29, 0.717) is 17.2 Å². The number of hydrogen-bond donors (Lipinski definition) is 0. The summed E-state index contributed by atoms with van der Waals surface area (Å²) >= 11 is 0. The molecule has 1 atom stereocenters. The van der Waals surface area contributed by atoms with Crippen molar-refractivity contribution in [3.8, 4) is 0 Å². The molecule has 2 heterocycles. The summed E-state index contributed by atoms with van der Waals surface area (Å²) in [6.45, 7) is 4.15. The minimum Gasteiger partial charge on any atom is -0.459 e. The molecule has 164 valence electrons. The van der Waals surface area contributed by atoms with Gasteiger partial charge in [0.2, 0.25) is 5.91 Å². The van der Waals surface area contributed by atoms with E-state index in [9.17, 15) is 18.8 Å². The third-order valence-corrected chi connectivity index (χ3v) is 5.58. The lowest BCUT2D eigenvalue weighted by molar-refractivity contribution is -0.122. The maximum Gasteiger partial charge on any atom is 0.290 e. The number of nitrogens with zero attached hydrogens (tertiary/aromatic N) is 2. The van der Waals surface area contributed by atoms with Gasteiger partial charge >= 0.3 is 0 Å². The van der Waals surface area contributed by atoms with E-state index >= 15 is 0 Å². The van der Waals surface area contributed by atoms with E-state index in [1.165, 1.54) is 29.4 Å². The summed E-state index contributed by atoms with van der Waals surface area (Å²) in [6, 6.07) is 15.0. The van der Waals surface area contributed by atoms with Crippen LogP contribution in [0.25, 0.3) is 0 Å². The van der Waals surface area contributed by atoms with Crippen LogP contribution in [0.3, 0.4) is 0 Å². The van der Waals surface area contributed by atoms with Gasteiger partial charge in [-0.15, -0.1) is 0 Å². The molecule has 1 saturated heterocycles. The Morgan fingerprint density at radius 2 is 1.78 bits per heavy atom. The van der Waals surface area contributed by atoms with Crippen molar-refractivity contribution in [3.63, 3.8) is 0 Å². The van der Waals surface area contributed by atoms with Crippen LogP contribution in [0.4, 0.5) is 10.1 Å². The number of amides is 3. The fourth-order valence-electron chi connectivity index (χ4n) is 3.79. The van der Waals surface area contributed by atoms with Crippen LogP contribution < -0.4 is 4.90 Å². The van der Waals surface area contributed by atoms with Crippen molar-refractivity contribution in [2.45, 2.75) is 38.8 Å². The Labute approximate surface area is 185 Å². The first kappa shape index (κ1) is 21.5. The van der Waals surface area contributed by atoms with Crippen molar-refractivity contribution in [1.29, 1.82) is 0 Å². The number of anilines is 1. The number of halogens is 1. The van der Waals surface area contributed by atoms with Gasteiger partial charge in [0.05, 0.1) is 18.4 Å². The molecule has 2 aromatic carbocycles. The molecule has 0 saturated carbocycles. The van der Waals surface area contributed by atoms with E-state index in [4.69, 9.17) is 4.42 Å². The molecule has 1 aromatic heterocycles. The summed E-state index contributed by atoms with van der Waals surface area (Å²) in [5.74, 6) is -1.39. The number of carbonyl (C=O) groups excluding carboxylic acids is 3. The highest BCUT2D eigenvalue weighted by molar-refractivity contribution is 6.23. The lowest BCUT2D eigenvalue weighted by Crippen LogP contribution is -2.45. The van der Waals surface area contributed by atoms with Gasteiger partial charge in [0.15, 0.2) is 5.76 Å². The molecule has 6 nitrogen and oxygen atoms in total. The Kier molecular flexibility index (Phi) is 5.90. The molecule has 7 heteroatoms. The topological polar surface area (TPSA) is 70.8 Å². The van der Waals surface area contributed by atoms with Crippen molar-refractivity contribution >= 4 is 23.4 Å². The summed E-state index contributed by atoms with van der Waals surface area (Å²) < 4.78 is 18.6. The summed E-state index contributed by atoms with van der Waals surface area (Å²) in [5, 5.41) is 0. The predicted octanol–water partition coefficient (Wildman–Crippen LogP) is 4.52. The molecule has 0 bridgehead atoms. The summed E-state index contributed by atoms with van der Waals surface area (Å²) in [6.07, 6.45) is 1.23. The number of furan rings is 1. The molecule has 0 aliphatic carbocycles.